The first-order valence-electron chi connectivity index (χ1n) is 10.2. The first-order chi connectivity index (χ1) is 15.7. The lowest BCUT2D eigenvalue weighted by molar-refractivity contribution is -0.137. The summed E-state index contributed by atoms with van der Waals surface area (Å²) in [6.45, 7) is 0.398. The maximum Gasteiger partial charge on any atom is 0.418 e. The number of benzene rings is 2. The number of aromatic hydroxyl groups is 1. The minimum absolute atomic E-state index is 0.285. The molecule has 174 valence electrons. The van der Waals surface area contributed by atoms with E-state index in [1.54, 1.807) is 23.1 Å². The molecule has 1 unspecified atom stereocenters. The van der Waals surface area contributed by atoms with Crippen molar-refractivity contribution in [1.29, 1.82) is 0 Å². The Hall–Kier alpha value is -3.69. The van der Waals surface area contributed by atoms with Crippen LogP contribution in [-0.2, 0) is 6.18 Å². The Balaban J connectivity index is 1.70. The maximum atomic E-state index is 13.4. The molecule has 1 amide bonds. The Morgan fingerprint density at radius 2 is 1.91 bits per heavy atom. The normalized spacial score (nSPS) is 16.2. The van der Waals surface area contributed by atoms with Gasteiger partial charge in [-0.15, -0.1) is 0 Å². The van der Waals surface area contributed by atoms with E-state index in [2.05, 4.69) is 5.10 Å². The summed E-state index contributed by atoms with van der Waals surface area (Å²) in [6.07, 6.45) is -2.26. The molecule has 1 fully saturated rings. The fourth-order valence-electron chi connectivity index (χ4n) is 4.12. The number of methoxy groups -OCH3 is 2. The van der Waals surface area contributed by atoms with Crippen molar-refractivity contribution < 1.29 is 32.5 Å². The van der Waals surface area contributed by atoms with Crippen molar-refractivity contribution in [1.82, 2.24) is 14.7 Å². The Morgan fingerprint density at radius 3 is 2.61 bits per heavy atom. The molecule has 3 aromatic rings. The molecule has 10 heteroatoms. The summed E-state index contributed by atoms with van der Waals surface area (Å²) >= 11 is 0. The standard InChI is InChI=1S/C23H22F3N3O4/c1-32-14-9-10-20(33-2)15(12-14)17-8-5-11-28(17)22(31)21-19(30)13-29(27-21)18-7-4-3-6-16(18)23(24,25)26/h3-4,6-7,9-10,12-13,17,30H,5,8,11H2,1-2H3. The Morgan fingerprint density at radius 1 is 1.15 bits per heavy atom. The molecule has 0 spiro atoms. The average molecular weight is 461 g/mol. The third-order valence-corrected chi connectivity index (χ3v) is 5.66. The minimum atomic E-state index is -4.62. The molecule has 0 radical (unpaired) electrons. The molecule has 0 aliphatic carbocycles. The molecule has 4 rings (SSSR count). The second-order valence-electron chi connectivity index (χ2n) is 7.59. The van der Waals surface area contributed by atoms with Crippen LogP contribution in [0.3, 0.4) is 0 Å². The first kappa shape index (κ1) is 22.5. The number of likely N-dealkylation sites (tertiary alicyclic amines) is 1. The van der Waals surface area contributed by atoms with E-state index >= 15 is 0 Å². The number of hydrogen-bond acceptors (Lipinski definition) is 5. The summed E-state index contributed by atoms with van der Waals surface area (Å²) in [5, 5.41) is 14.4. The highest BCUT2D eigenvalue weighted by atomic mass is 19.4. The minimum Gasteiger partial charge on any atom is -0.504 e. The monoisotopic (exact) mass is 461 g/mol. The third-order valence-electron chi connectivity index (χ3n) is 5.66. The van der Waals surface area contributed by atoms with Gasteiger partial charge in [0.05, 0.1) is 37.7 Å². The summed E-state index contributed by atoms with van der Waals surface area (Å²) in [4.78, 5) is 14.9. The van der Waals surface area contributed by atoms with Gasteiger partial charge in [-0.1, -0.05) is 12.1 Å². The van der Waals surface area contributed by atoms with Crippen molar-refractivity contribution in [3.05, 3.63) is 65.5 Å². The Labute approximate surface area is 188 Å². The lowest BCUT2D eigenvalue weighted by atomic mass is 10.0. The van der Waals surface area contributed by atoms with Gasteiger partial charge in [0.1, 0.15) is 11.5 Å². The van der Waals surface area contributed by atoms with E-state index in [9.17, 15) is 23.1 Å². The third kappa shape index (κ3) is 4.20. The number of hydrogen-bond donors (Lipinski definition) is 1. The smallest absolute Gasteiger partial charge is 0.418 e. The molecule has 33 heavy (non-hydrogen) atoms. The van der Waals surface area contributed by atoms with Gasteiger partial charge in [0.15, 0.2) is 11.4 Å². The van der Waals surface area contributed by atoms with Crippen LogP contribution in [0, 0.1) is 0 Å². The zero-order chi connectivity index (χ0) is 23.8. The molecule has 0 bridgehead atoms. The van der Waals surface area contributed by atoms with Crippen LogP contribution in [-0.4, -0.2) is 46.5 Å². The molecule has 1 aliphatic rings. The van der Waals surface area contributed by atoms with Crippen molar-refractivity contribution in [2.75, 3.05) is 20.8 Å². The van der Waals surface area contributed by atoms with Gasteiger partial charge in [-0.05, 0) is 43.2 Å². The van der Waals surface area contributed by atoms with Gasteiger partial charge < -0.3 is 19.5 Å². The van der Waals surface area contributed by atoms with Crippen LogP contribution in [0.1, 0.15) is 40.5 Å². The molecule has 1 saturated heterocycles. The predicted molar refractivity (Wildman–Crippen MR) is 113 cm³/mol. The van der Waals surface area contributed by atoms with Crippen LogP contribution in [0.5, 0.6) is 17.2 Å². The molecule has 1 aliphatic heterocycles. The highest BCUT2D eigenvalue weighted by molar-refractivity contribution is 5.95. The van der Waals surface area contributed by atoms with Crippen molar-refractivity contribution in [3.8, 4) is 22.9 Å². The van der Waals surface area contributed by atoms with E-state index < -0.39 is 23.4 Å². The lowest BCUT2D eigenvalue weighted by Crippen LogP contribution is -2.31. The van der Waals surface area contributed by atoms with Gasteiger partial charge in [-0.2, -0.15) is 18.3 Å². The highest BCUT2D eigenvalue weighted by Gasteiger charge is 2.37. The number of amides is 1. The molecular formula is C23H22F3N3O4. The zero-order valence-corrected chi connectivity index (χ0v) is 18.0. The Kier molecular flexibility index (Phi) is 5.92. The van der Waals surface area contributed by atoms with E-state index in [4.69, 9.17) is 9.47 Å². The van der Waals surface area contributed by atoms with Crippen LogP contribution in [0.15, 0.2) is 48.7 Å². The molecule has 7 nitrogen and oxygen atoms in total. The number of ether oxygens (including phenoxy) is 2. The first-order valence-corrected chi connectivity index (χ1v) is 10.2. The Bertz CT molecular complexity index is 1180. The summed E-state index contributed by atoms with van der Waals surface area (Å²) in [5.41, 5.74) is -0.789. The number of carbonyl (C=O) groups excluding carboxylic acids is 1. The number of rotatable bonds is 5. The molecular weight excluding hydrogens is 439 g/mol. The second kappa shape index (κ2) is 8.68. The van der Waals surface area contributed by atoms with Crippen molar-refractivity contribution in [2.45, 2.75) is 25.1 Å². The van der Waals surface area contributed by atoms with Gasteiger partial charge in [-0.3, -0.25) is 4.79 Å². The summed E-state index contributed by atoms with van der Waals surface area (Å²) < 4.78 is 51.9. The van der Waals surface area contributed by atoms with Gasteiger partial charge in [0, 0.05) is 12.1 Å². The molecule has 1 aromatic heterocycles. The fourth-order valence-corrected chi connectivity index (χ4v) is 4.12. The van der Waals surface area contributed by atoms with Gasteiger partial charge in [-0.25, -0.2) is 4.68 Å². The van der Waals surface area contributed by atoms with E-state index in [0.717, 1.165) is 22.5 Å². The average Bonchev–Trinajstić information content (AvgIpc) is 3.44. The van der Waals surface area contributed by atoms with Gasteiger partial charge >= 0.3 is 6.18 Å². The van der Waals surface area contributed by atoms with Crippen LogP contribution in [0.4, 0.5) is 13.2 Å². The second-order valence-corrected chi connectivity index (χ2v) is 7.59. The number of nitrogens with zero attached hydrogens (tertiary/aromatic N) is 3. The number of carbonyl (C=O) groups is 1. The van der Waals surface area contributed by atoms with E-state index in [1.807, 2.05) is 0 Å². The van der Waals surface area contributed by atoms with Crippen molar-refractivity contribution in [2.24, 2.45) is 0 Å². The van der Waals surface area contributed by atoms with Crippen LogP contribution in [0.2, 0.25) is 0 Å². The maximum absolute atomic E-state index is 13.4. The number of para-hydroxylation sites is 1. The fraction of sp³-hybridized carbons (Fsp3) is 0.304. The molecule has 1 atom stereocenters. The quantitative estimate of drug-likeness (QED) is 0.602. The molecule has 2 aromatic carbocycles. The summed E-state index contributed by atoms with van der Waals surface area (Å²) in [5.74, 6) is 0.0960. The lowest BCUT2D eigenvalue weighted by Gasteiger charge is -2.26. The summed E-state index contributed by atoms with van der Waals surface area (Å²) in [6, 6.07) is 9.74. The predicted octanol–water partition coefficient (Wildman–Crippen LogP) is 4.59. The van der Waals surface area contributed by atoms with Crippen molar-refractivity contribution >= 4 is 5.91 Å². The number of alkyl halides is 3. The topological polar surface area (TPSA) is 76.8 Å². The van der Waals surface area contributed by atoms with Gasteiger partial charge in [0.25, 0.3) is 5.91 Å². The van der Waals surface area contributed by atoms with Crippen LogP contribution < -0.4 is 9.47 Å². The number of aromatic nitrogens is 2. The molecule has 0 saturated carbocycles. The highest BCUT2D eigenvalue weighted by Crippen LogP contribution is 2.40. The van der Waals surface area contributed by atoms with E-state index in [-0.39, 0.29) is 17.4 Å². The molecule has 1 N–H and O–H groups in total. The van der Waals surface area contributed by atoms with Crippen LogP contribution >= 0.6 is 0 Å². The number of halogens is 3. The van der Waals surface area contributed by atoms with Gasteiger partial charge in [0.2, 0.25) is 0 Å². The largest absolute Gasteiger partial charge is 0.504 e. The molecule has 2 heterocycles. The van der Waals surface area contributed by atoms with Crippen molar-refractivity contribution in [3.63, 3.8) is 0 Å². The SMILES string of the molecule is COc1ccc(OC)c(C2CCCN2C(=O)c2nn(-c3ccccc3C(F)(F)F)cc2O)c1. The summed E-state index contributed by atoms with van der Waals surface area (Å²) in [7, 11) is 3.06. The van der Waals surface area contributed by atoms with E-state index in [1.165, 1.54) is 32.4 Å². The zero-order valence-electron chi connectivity index (χ0n) is 18.0. The van der Waals surface area contributed by atoms with E-state index in [0.29, 0.717) is 30.9 Å². The van der Waals surface area contributed by atoms with Crippen LogP contribution in [0.25, 0.3) is 5.69 Å².